The third kappa shape index (κ3) is 3.81. The van der Waals surface area contributed by atoms with Gasteiger partial charge in [-0.3, -0.25) is 0 Å². The number of aldehydes is 1. The molecule has 0 aliphatic carbocycles. The molecule has 1 heterocycles. The molecule has 0 amide bonds. The number of carbonyl (C=O) groups excluding carboxylic acids is 2. The molecule has 0 spiro atoms. The van der Waals surface area contributed by atoms with Crippen molar-refractivity contribution in [1.29, 1.82) is 0 Å². The molecule has 1 unspecified atom stereocenters. The second kappa shape index (κ2) is 7.26. The van der Waals surface area contributed by atoms with Crippen LogP contribution in [0, 0.1) is 5.41 Å². The Morgan fingerprint density at radius 2 is 1.87 bits per heavy atom. The molecule has 1 saturated heterocycles. The van der Waals surface area contributed by atoms with Gasteiger partial charge in [0.2, 0.25) is 0 Å². The fraction of sp³-hybridized carbons (Fsp3) is 0.579. The van der Waals surface area contributed by atoms with Crippen LogP contribution >= 0.6 is 0 Å². The van der Waals surface area contributed by atoms with Gasteiger partial charge in [0.05, 0.1) is 5.41 Å². The average molecular weight is 317 g/mol. The summed E-state index contributed by atoms with van der Waals surface area (Å²) in [5, 5.41) is 1.69. The Labute approximate surface area is 138 Å². The first-order chi connectivity index (χ1) is 10.9. The molecule has 1 aliphatic rings. The molecule has 23 heavy (non-hydrogen) atoms. The fourth-order valence-electron chi connectivity index (χ4n) is 3.02. The number of benzene rings is 1. The predicted octanol–water partition coefficient (Wildman–Crippen LogP) is 3.67. The maximum absolute atomic E-state index is 12.7. The largest absolute Gasteiger partial charge is 0.367 e. The topological polar surface area (TPSA) is 46.6 Å². The monoisotopic (exact) mass is 317 g/mol. The second-order valence-corrected chi connectivity index (χ2v) is 7.12. The average Bonchev–Trinajstić information content (AvgIpc) is 2.47. The maximum atomic E-state index is 12.7. The van der Waals surface area contributed by atoms with Gasteiger partial charge in [-0.15, -0.1) is 5.06 Å². The van der Waals surface area contributed by atoms with E-state index in [0.29, 0.717) is 12.3 Å². The summed E-state index contributed by atoms with van der Waals surface area (Å²) < 4.78 is 0. The lowest BCUT2D eigenvalue weighted by Gasteiger charge is -2.37. The summed E-state index contributed by atoms with van der Waals surface area (Å²) in [6.07, 6.45) is 2.27. The molecule has 1 aromatic carbocycles. The molecule has 1 aliphatic heterocycles. The van der Waals surface area contributed by atoms with Crippen molar-refractivity contribution in [2.45, 2.75) is 52.4 Å². The smallest absolute Gasteiger partial charge is 0.331 e. The van der Waals surface area contributed by atoms with Crippen LogP contribution in [-0.4, -0.2) is 30.4 Å². The molecule has 2 rings (SSSR count). The summed E-state index contributed by atoms with van der Waals surface area (Å²) in [4.78, 5) is 29.4. The van der Waals surface area contributed by atoms with Gasteiger partial charge < -0.3 is 9.63 Å². The molecule has 1 atom stereocenters. The van der Waals surface area contributed by atoms with E-state index in [1.807, 2.05) is 32.0 Å². The van der Waals surface area contributed by atoms with E-state index >= 15 is 0 Å². The highest BCUT2D eigenvalue weighted by Gasteiger charge is 2.41. The first-order valence-electron chi connectivity index (χ1n) is 8.37. The van der Waals surface area contributed by atoms with Gasteiger partial charge in [0.1, 0.15) is 6.29 Å². The van der Waals surface area contributed by atoms with Crippen LogP contribution in [0.1, 0.15) is 63.5 Å². The minimum absolute atomic E-state index is 0.188. The molecule has 0 aromatic heterocycles. The molecular formula is C19H27NO3. The van der Waals surface area contributed by atoms with Gasteiger partial charge in [-0.2, -0.15) is 0 Å². The fourth-order valence-corrected chi connectivity index (χ4v) is 3.02. The lowest BCUT2D eigenvalue weighted by molar-refractivity contribution is -0.218. The van der Waals surface area contributed by atoms with Crippen LogP contribution in [0.4, 0.5) is 0 Å². The highest BCUT2D eigenvalue weighted by atomic mass is 16.7. The van der Waals surface area contributed by atoms with E-state index in [4.69, 9.17) is 4.84 Å². The van der Waals surface area contributed by atoms with E-state index in [0.717, 1.165) is 31.4 Å². The van der Waals surface area contributed by atoms with Crippen LogP contribution in [0.5, 0.6) is 0 Å². The molecule has 0 N–H and O–H groups in total. The molecular weight excluding hydrogens is 290 g/mol. The number of rotatable bonds is 7. The van der Waals surface area contributed by atoms with Crippen molar-refractivity contribution in [3.8, 4) is 0 Å². The van der Waals surface area contributed by atoms with Crippen molar-refractivity contribution >= 4 is 12.3 Å². The summed E-state index contributed by atoms with van der Waals surface area (Å²) in [5.74, 6) is -0.113. The van der Waals surface area contributed by atoms with Crippen molar-refractivity contribution in [3.63, 3.8) is 0 Å². The molecule has 4 nitrogen and oxygen atoms in total. The van der Waals surface area contributed by atoms with Gasteiger partial charge >= 0.3 is 5.97 Å². The first-order valence-corrected chi connectivity index (χ1v) is 8.37. The van der Waals surface area contributed by atoms with E-state index in [2.05, 4.69) is 19.9 Å². The highest BCUT2D eigenvalue weighted by molar-refractivity contribution is 5.78. The van der Waals surface area contributed by atoms with Crippen LogP contribution in [0.15, 0.2) is 24.3 Å². The van der Waals surface area contributed by atoms with E-state index in [9.17, 15) is 9.59 Å². The molecule has 4 heteroatoms. The summed E-state index contributed by atoms with van der Waals surface area (Å²) >= 11 is 0. The molecule has 0 bridgehead atoms. The standard InChI is InChI=1S/C19H27NO3/c1-14(2)15-8-5-6-9-16(15)17(10-13-21)19(3,4)18(22)23-20-11-7-12-20/h5-6,8-9,13-14,17H,7,10-12H2,1-4H3. The van der Waals surface area contributed by atoms with Crippen LogP contribution in [0.3, 0.4) is 0 Å². The summed E-state index contributed by atoms with van der Waals surface area (Å²) in [6, 6.07) is 8.08. The Morgan fingerprint density at radius 3 is 2.35 bits per heavy atom. The van der Waals surface area contributed by atoms with Gasteiger partial charge in [0.15, 0.2) is 0 Å². The Bertz CT molecular complexity index is 561. The summed E-state index contributed by atoms with van der Waals surface area (Å²) in [5.41, 5.74) is 1.49. The minimum atomic E-state index is -0.762. The van der Waals surface area contributed by atoms with E-state index in [-0.39, 0.29) is 11.9 Å². The number of carbonyl (C=O) groups is 2. The zero-order valence-electron chi connectivity index (χ0n) is 14.5. The van der Waals surface area contributed by atoms with Crippen molar-refractivity contribution in [3.05, 3.63) is 35.4 Å². The third-order valence-electron chi connectivity index (χ3n) is 4.75. The Balaban J connectivity index is 2.32. The van der Waals surface area contributed by atoms with Crippen LogP contribution in [0.25, 0.3) is 0 Å². The lowest BCUT2D eigenvalue weighted by Crippen LogP contribution is -2.44. The molecule has 0 saturated carbocycles. The molecule has 1 aromatic rings. The van der Waals surface area contributed by atoms with Crippen LogP contribution in [0.2, 0.25) is 0 Å². The highest BCUT2D eigenvalue weighted by Crippen LogP contribution is 2.42. The van der Waals surface area contributed by atoms with Crippen molar-refractivity contribution in [2.75, 3.05) is 13.1 Å². The van der Waals surface area contributed by atoms with E-state index < -0.39 is 5.41 Å². The third-order valence-corrected chi connectivity index (χ3v) is 4.75. The Hall–Kier alpha value is -1.68. The van der Waals surface area contributed by atoms with Crippen molar-refractivity contribution in [2.24, 2.45) is 5.41 Å². The zero-order chi connectivity index (χ0) is 17.0. The van der Waals surface area contributed by atoms with E-state index in [1.165, 1.54) is 5.56 Å². The van der Waals surface area contributed by atoms with Crippen molar-refractivity contribution in [1.82, 2.24) is 5.06 Å². The first kappa shape index (κ1) is 17.7. The van der Waals surface area contributed by atoms with Gasteiger partial charge in [-0.1, -0.05) is 38.1 Å². The quantitative estimate of drug-likeness (QED) is 0.720. The summed E-state index contributed by atoms with van der Waals surface area (Å²) in [7, 11) is 0. The number of hydrogen-bond acceptors (Lipinski definition) is 4. The van der Waals surface area contributed by atoms with Gasteiger partial charge in [0.25, 0.3) is 0 Å². The van der Waals surface area contributed by atoms with E-state index in [1.54, 1.807) is 5.06 Å². The van der Waals surface area contributed by atoms with Gasteiger partial charge in [-0.05, 0) is 37.3 Å². The summed E-state index contributed by atoms with van der Waals surface area (Å²) in [6.45, 7) is 9.59. The molecule has 1 fully saturated rings. The Kier molecular flexibility index (Phi) is 5.58. The normalized spacial score (nSPS) is 16.7. The minimum Gasteiger partial charge on any atom is -0.367 e. The number of nitrogens with zero attached hydrogens (tertiary/aromatic N) is 1. The zero-order valence-corrected chi connectivity index (χ0v) is 14.5. The SMILES string of the molecule is CC(C)c1ccccc1C(CC=O)C(C)(C)C(=O)ON1CCC1. The number of hydroxylamine groups is 2. The molecule has 0 radical (unpaired) electrons. The predicted molar refractivity (Wildman–Crippen MR) is 90.0 cm³/mol. The van der Waals surface area contributed by atoms with Gasteiger partial charge in [0, 0.05) is 25.4 Å². The van der Waals surface area contributed by atoms with Gasteiger partial charge in [-0.25, -0.2) is 4.79 Å². The maximum Gasteiger partial charge on any atom is 0.331 e. The Morgan fingerprint density at radius 1 is 1.26 bits per heavy atom. The van der Waals surface area contributed by atoms with Crippen LogP contribution < -0.4 is 0 Å². The van der Waals surface area contributed by atoms with Crippen molar-refractivity contribution < 1.29 is 14.4 Å². The lowest BCUT2D eigenvalue weighted by atomic mass is 9.71. The number of hydrogen-bond donors (Lipinski definition) is 0. The van der Waals surface area contributed by atoms with Crippen LogP contribution in [-0.2, 0) is 14.4 Å². The second-order valence-electron chi connectivity index (χ2n) is 7.12. The molecule has 126 valence electrons.